The largest absolute Gasteiger partial charge is 0.383 e. The molecule has 3 nitrogen and oxygen atoms in total. The van der Waals surface area contributed by atoms with Crippen molar-refractivity contribution >= 4 is 5.69 Å². The topological polar surface area (TPSA) is 29.9 Å². The Kier molecular flexibility index (Phi) is 4.36. The number of aromatic nitrogens is 2. The number of hydrogen-bond acceptors (Lipinski definition) is 2. The van der Waals surface area contributed by atoms with E-state index in [1.165, 1.54) is 12.8 Å². The van der Waals surface area contributed by atoms with Crippen molar-refractivity contribution in [2.45, 2.75) is 39.7 Å². The van der Waals surface area contributed by atoms with E-state index in [-0.39, 0.29) is 0 Å². The fourth-order valence-corrected chi connectivity index (χ4v) is 1.22. The molecule has 0 unspecified atom stereocenters. The van der Waals surface area contributed by atoms with Crippen LogP contribution < -0.4 is 5.32 Å². The predicted octanol–water partition coefficient (Wildman–Crippen LogP) is 2.51. The monoisotopic (exact) mass is 181 g/mol. The van der Waals surface area contributed by atoms with Gasteiger partial charge in [0.2, 0.25) is 0 Å². The molecule has 1 N–H and O–H groups in total. The first kappa shape index (κ1) is 10.1. The summed E-state index contributed by atoms with van der Waals surface area (Å²) >= 11 is 0. The maximum absolute atomic E-state index is 4.24. The van der Waals surface area contributed by atoms with Crippen LogP contribution in [-0.2, 0) is 6.54 Å². The summed E-state index contributed by atoms with van der Waals surface area (Å²) in [5, 5.41) is 7.58. The Hall–Kier alpha value is -0.990. The van der Waals surface area contributed by atoms with Crippen molar-refractivity contribution in [3.05, 3.63) is 12.4 Å². The number of unbranched alkanes of at least 4 members (excludes halogenated alkanes) is 1. The van der Waals surface area contributed by atoms with Crippen molar-refractivity contribution < 1.29 is 0 Å². The van der Waals surface area contributed by atoms with Gasteiger partial charge < -0.3 is 5.32 Å². The Morgan fingerprint density at radius 2 is 2.23 bits per heavy atom. The molecular formula is C10H19N3. The lowest BCUT2D eigenvalue weighted by Crippen LogP contribution is -2.00. The Morgan fingerprint density at radius 3 is 2.92 bits per heavy atom. The van der Waals surface area contributed by atoms with Gasteiger partial charge >= 0.3 is 0 Å². The first-order chi connectivity index (χ1) is 6.36. The number of rotatable bonds is 6. The van der Waals surface area contributed by atoms with Crippen molar-refractivity contribution in [3.63, 3.8) is 0 Å². The molecule has 0 bridgehead atoms. The van der Waals surface area contributed by atoms with Crippen LogP contribution in [0.5, 0.6) is 0 Å². The molecule has 0 saturated carbocycles. The first-order valence-corrected chi connectivity index (χ1v) is 5.13. The fraction of sp³-hybridized carbons (Fsp3) is 0.700. The van der Waals surface area contributed by atoms with E-state index in [9.17, 15) is 0 Å². The maximum atomic E-state index is 4.24. The summed E-state index contributed by atoms with van der Waals surface area (Å²) in [6.45, 7) is 6.41. The Bertz CT molecular complexity index is 230. The van der Waals surface area contributed by atoms with Gasteiger partial charge in [-0.2, -0.15) is 5.10 Å². The summed E-state index contributed by atoms with van der Waals surface area (Å²) in [6, 6.07) is 0. The van der Waals surface area contributed by atoms with Gasteiger partial charge in [0.05, 0.1) is 11.9 Å². The molecule has 0 amide bonds. The Balaban J connectivity index is 2.31. The SMILES string of the molecule is CCCCNc1cnn(CCC)c1. The van der Waals surface area contributed by atoms with E-state index in [4.69, 9.17) is 0 Å². The number of aryl methyl sites for hydroxylation is 1. The highest BCUT2D eigenvalue weighted by Gasteiger charge is 1.95. The van der Waals surface area contributed by atoms with Gasteiger partial charge in [-0.25, -0.2) is 0 Å². The molecule has 0 aliphatic carbocycles. The van der Waals surface area contributed by atoms with Gasteiger partial charge in [0, 0.05) is 19.3 Å². The van der Waals surface area contributed by atoms with Crippen LogP contribution in [-0.4, -0.2) is 16.3 Å². The van der Waals surface area contributed by atoms with Crippen molar-refractivity contribution in [2.75, 3.05) is 11.9 Å². The first-order valence-electron chi connectivity index (χ1n) is 5.13. The second kappa shape index (κ2) is 5.62. The lowest BCUT2D eigenvalue weighted by atomic mass is 10.3. The second-order valence-electron chi connectivity index (χ2n) is 3.27. The van der Waals surface area contributed by atoms with Crippen molar-refractivity contribution in [3.8, 4) is 0 Å². The lowest BCUT2D eigenvalue weighted by Gasteiger charge is -2.00. The molecule has 13 heavy (non-hydrogen) atoms. The molecule has 1 rings (SSSR count). The molecule has 0 spiro atoms. The van der Waals surface area contributed by atoms with Gasteiger partial charge in [-0.3, -0.25) is 4.68 Å². The van der Waals surface area contributed by atoms with Gasteiger partial charge in [0.25, 0.3) is 0 Å². The fourth-order valence-electron chi connectivity index (χ4n) is 1.22. The molecule has 0 saturated heterocycles. The zero-order chi connectivity index (χ0) is 9.52. The third-order valence-corrected chi connectivity index (χ3v) is 1.95. The molecule has 0 fully saturated rings. The minimum absolute atomic E-state index is 1.01. The summed E-state index contributed by atoms with van der Waals surface area (Å²) < 4.78 is 1.98. The quantitative estimate of drug-likeness (QED) is 0.683. The summed E-state index contributed by atoms with van der Waals surface area (Å²) in [4.78, 5) is 0. The van der Waals surface area contributed by atoms with Crippen molar-refractivity contribution in [1.82, 2.24) is 9.78 Å². The van der Waals surface area contributed by atoms with E-state index < -0.39 is 0 Å². The minimum atomic E-state index is 1.01. The molecule has 1 heterocycles. The van der Waals surface area contributed by atoms with Gasteiger partial charge in [-0.15, -0.1) is 0 Å². The smallest absolute Gasteiger partial charge is 0.0726 e. The normalized spacial score (nSPS) is 10.3. The number of nitrogens with one attached hydrogen (secondary N) is 1. The third kappa shape index (κ3) is 3.49. The van der Waals surface area contributed by atoms with Crippen molar-refractivity contribution in [1.29, 1.82) is 0 Å². The molecule has 74 valence electrons. The van der Waals surface area contributed by atoms with E-state index in [1.54, 1.807) is 0 Å². The molecule has 0 radical (unpaired) electrons. The van der Waals surface area contributed by atoms with Crippen LogP contribution >= 0.6 is 0 Å². The van der Waals surface area contributed by atoms with Gasteiger partial charge in [-0.05, 0) is 12.8 Å². The highest BCUT2D eigenvalue weighted by Crippen LogP contribution is 2.05. The van der Waals surface area contributed by atoms with Crippen molar-refractivity contribution in [2.24, 2.45) is 0 Å². The van der Waals surface area contributed by atoms with E-state index in [0.717, 1.165) is 25.2 Å². The Morgan fingerprint density at radius 1 is 1.38 bits per heavy atom. The van der Waals surface area contributed by atoms with E-state index >= 15 is 0 Å². The highest BCUT2D eigenvalue weighted by atomic mass is 15.3. The summed E-state index contributed by atoms with van der Waals surface area (Å²) in [5.74, 6) is 0. The number of nitrogens with zero attached hydrogens (tertiary/aromatic N) is 2. The predicted molar refractivity (Wildman–Crippen MR) is 55.9 cm³/mol. The minimum Gasteiger partial charge on any atom is -0.383 e. The summed E-state index contributed by atoms with van der Waals surface area (Å²) in [7, 11) is 0. The lowest BCUT2D eigenvalue weighted by molar-refractivity contribution is 0.603. The van der Waals surface area contributed by atoms with Crippen LogP contribution in [0.3, 0.4) is 0 Å². The molecule has 1 aromatic heterocycles. The second-order valence-corrected chi connectivity index (χ2v) is 3.27. The average Bonchev–Trinajstić information content (AvgIpc) is 2.54. The standard InChI is InChI=1S/C10H19N3/c1-3-5-6-11-10-8-12-13(9-10)7-4-2/h8-9,11H,3-7H2,1-2H3. The van der Waals surface area contributed by atoms with E-state index in [1.807, 2.05) is 10.9 Å². The third-order valence-electron chi connectivity index (χ3n) is 1.95. The van der Waals surface area contributed by atoms with Crippen LogP contribution in [0, 0.1) is 0 Å². The molecule has 0 aliphatic heterocycles. The van der Waals surface area contributed by atoms with Crippen LogP contribution in [0.2, 0.25) is 0 Å². The van der Waals surface area contributed by atoms with E-state index in [2.05, 4.69) is 30.5 Å². The zero-order valence-electron chi connectivity index (χ0n) is 8.58. The van der Waals surface area contributed by atoms with Crippen LogP contribution in [0.4, 0.5) is 5.69 Å². The summed E-state index contributed by atoms with van der Waals surface area (Å²) in [6.07, 6.45) is 7.55. The Labute approximate surface area is 80.1 Å². The molecule has 0 aliphatic rings. The van der Waals surface area contributed by atoms with Crippen LogP contribution in [0.1, 0.15) is 33.1 Å². The van der Waals surface area contributed by atoms with Crippen LogP contribution in [0.25, 0.3) is 0 Å². The van der Waals surface area contributed by atoms with E-state index in [0.29, 0.717) is 0 Å². The van der Waals surface area contributed by atoms with Gasteiger partial charge in [-0.1, -0.05) is 20.3 Å². The van der Waals surface area contributed by atoms with Crippen LogP contribution in [0.15, 0.2) is 12.4 Å². The zero-order valence-corrected chi connectivity index (χ0v) is 8.58. The molecule has 0 aromatic carbocycles. The van der Waals surface area contributed by atoms with Gasteiger partial charge in [0.1, 0.15) is 0 Å². The molecule has 0 atom stereocenters. The average molecular weight is 181 g/mol. The van der Waals surface area contributed by atoms with Gasteiger partial charge in [0.15, 0.2) is 0 Å². The maximum Gasteiger partial charge on any atom is 0.0726 e. The summed E-state index contributed by atoms with van der Waals surface area (Å²) in [5.41, 5.74) is 1.14. The highest BCUT2D eigenvalue weighted by molar-refractivity contribution is 5.37. The number of hydrogen-bond donors (Lipinski definition) is 1. The molecule has 3 heteroatoms. The molecular weight excluding hydrogens is 162 g/mol. The number of anilines is 1. The molecule has 1 aromatic rings.